The van der Waals surface area contributed by atoms with Crippen LogP contribution < -0.4 is 15.8 Å². The van der Waals surface area contributed by atoms with Gasteiger partial charge in [-0.3, -0.25) is 4.79 Å². The summed E-state index contributed by atoms with van der Waals surface area (Å²) >= 11 is 0. The fourth-order valence-electron chi connectivity index (χ4n) is 1.46. The average molecular weight is 222 g/mol. The van der Waals surface area contributed by atoms with Crippen LogP contribution in [-0.2, 0) is 11.2 Å². The first-order valence-corrected chi connectivity index (χ1v) is 5.36. The smallest absolute Gasteiger partial charge is 0.220 e. The third-order valence-electron chi connectivity index (χ3n) is 2.28. The molecule has 0 fully saturated rings. The number of rotatable bonds is 6. The van der Waals surface area contributed by atoms with Crippen LogP contribution in [0.5, 0.6) is 5.75 Å². The topological polar surface area (TPSA) is 64.3 Å². The third-order valence-corrected chi connectivity index (χ3v) is 2.28. The lowest BCUT2D eigenvalue weighted by molar-refractivity contribution is -0.120. The van der Waals surface area contributed by atoms with Gasteiger partial charge in [0, 0.05) is 19.5 Å². The number of nitrogens with two attached hydrogens (primary N) is 1. The minimum absolute atomic E-state index is 0.0244. The van der Waals surface area contributed by atoms with Crippen LogP contribution >= 0.6 is 0 Å². The van der Waals surface area contributed by atoms with Crippen LogP contribution in [0.3, 0.4) is 0 Å². The predicted octanol–water partition coefficient (Wildman–Crippen LogP) is 0.703. The molecule has 0 spiro atoms. The summed E-state index contributed by atoms with van der Waals surface area (Å²) in [6.45, 7) is 1.01. The second-order valence-electron chi connectivity index (χ2n) is 3.45. The van der Waals surface area contributed by atoms with Crippen LogP contribution in [0.2, 0.25) is 0 Å². The Morgan fingerprint density at radius 3 is 2.88 bits per heavy atom. The third kappa shape index (κ3) is 3.90. The molecule has 0 bridgehead atoms. The van der Waals surface area contributed by atoms with Crippen molar-refractivity contribution in [1.29, 1.82) is 0 Å². The molecule has 0 atom stereocenters. The van der Waals surface area contributed by atoms with Crippen LogP contribution in [-0.4, -0.2) is 26.1 Å². The van der Waals surface area contributed by atoms with E-state index in [2.05, 4.69) is 5.32 Å². The minimum Gasteiger partial charge on any atom is -0.496 e. The molecule has 3 N–H and O–H groups in total. The van der Waals surface area contributed by atoms with Crippen molar-refractivity contribution in [3.8, 4) is 5.75 Å². The summed E-state index contributed by atoms with van der Waals surface area (Å²) in [5, 5.41) is 2.74. The zero-order valence-electron chi connectivity index (χ0n) is 9.53. The molecular weight excluding hydrogens is 204 g/mol. The van der Waals surface area contributed by atoms with Crippen molar-refractivity contribution in [2.45, 2.75) is 12.8 Å². The van der Waals surface area contributed by atoms with Gasteiger partial charge in [-0.05, 0) is 18.1 Å². The zero-order valence-corrected chi connectivity index (χ0v) is 9.53. The number of ether oxygens (including phenoxy) is 1. The van der Waals surface area contributed by atoms with Gasteiger partial charge >= 0.3 is 0 Å². The molecule has 16 heavy (non-hydrogen) atoms. The number of carbonyl (C=O) groups excluding carboxylic acids is 1. The average Bonchev–Trinajstić information content (AvgIpc) is 2.34. The summed E-state index contributed by atoms with van der Waals surface area (Å²) in [7, 11) is 1.63. The SMILES string of the molecule is COc1ccccc1CCC(=O)NCCN. The normalized spacial score (nSPS) is 9.88. The Morgan fingerprint density at radius 1 is 1.44 bits per heavy atom. The lowest BCUT2D eigenvalue weighted by Crippen LogP contribution is -2.29. The predicted molar refractivity (Wildman–Crippen MR) is 63.4 cm³/mol. The maximum atomic E-state index is 11.4. The first kappa shape index (κ1) is 12.5. The summed E-state index contributed by atoms with van der Waals surface area (Å²) in [5.74, 6) is 0.852. The quantitative estimate of drug-likeness (QED) is 0.744. The summed E-state index contributed by atoms with van der Waals surface area (Å²) in [6.07, 6.45) is 1.14. The molecular formula is C12H18N2O2. The van der Waals surface area contributed by atoms with E-state index in [0.29, 0.717) is 25.9 Å². The van der Waals surface area contributed by atoms with Gasteiger partial charge in [-0.25, -0.2) is 0 Å². The lowest BCUT2D eigenvalue weighted by Gasteiger charge is -2.08. The lowest BCUT2D eigenvalue weighted by atomic mass is 10.1. The zero-order chi connectivity index (χ0) is 11.8. The van der Waals surface area contributed by atoms with E-state index in [1.165, 1.54) is 0 Å². The number of hydrogen-bond acceptors (Lipinski definition) is 3. The van der Waals surface area contributed by atoms with E-state index < -0.39 is 0 Å². The Kier molecular flexibility index (Phi) is 5.36. The second kappa shape index (κ2) is 6.85. The highest BCUT2D eigenvalue weighted by atomic mass is 16.5. The molecule has 0 unspecified atom stereocenters. The first-order valence-electron chi connectivity index (χ1n) is 5.36. The fourth-order valence-corrected chi connectivity index (χ4v) is 1.46. The van der Waals surface area contributed by atoms with Crippen molar-refractivity contribution in [2.75, 3.05) is 20.2 Å². The van der Waals surface area contributed by atoms with Gasteiger partial charge in [-0.1, -0.05) is 18.2 Å². The Hall–Kier alpha value is -1.55. The van der Waals surface area contributed by atoms with E-state index in [4.69, 9.17) is 10.5 Å². The van der Waals surface area contributed by atoms with Crippen LogP contribution in [0, 0.1) is 0 Å². The molecule has 0 heterocycles. The number of nitrogens with one attached hydrogen (secondary N) is 1. The second-order valence-corrected chi connectivity index (χ2v) is 3.45. The molecule has 88 valence electrons. The minimum atomic E-state index is 0.0244. The molecule has 0 aromatic heterocycles. The molecule has 0 aliphatic carbocycles. The highest BCUT2D eigenvalue weighted by Gasteiger charge is 2.05. The molecule has 0 aliphatic heterocycles. The Morgan fingerprint density at radius 2 is 2.19 bits per heavy atom. The standard InChI is InChI=1S/C12H18N2O2/c1-16-11-5-3-2-4-10(11)6-7-12(15)14-9-8-13/h2-5H,6-9,13H2,1H3,(H,14,15). The molecule has 0 aliphatic rings. The highest BCUT2D eigenvalue weighted by molar-refractivity contribution is 5.76. The van der Waals surface area contributed by atoms with Gasteiger partial charge in [-0.15, -0.1) is 0 Å². The number of benzene rings is 1. The van der Waals surface area contributed by atoms with Crippen LogP contribution in [0.1, 0.15) is 12.0 Å². The molecule has 0 radical (unpaired) electrons. The van der Waals surface area contributed by atoms with E-state index in [-0.39, 0.29) is 5.91 Å². The first-order chi connectivity index (χ1) is 7.77. The molecule has 4 nitrogen and oxygen atoms in total. The Labute approximate surface area is 95.8 Å². The molecule has 1 aromatic carbocycles. The largest absolute Gasteiger partial charge is 0.496 e. The van der Waals surface area contributed by atoms with Crippen molar-refractivity contribution in [3.05, 3.63) is 29.8 Å². The van der Waals surface area contributed by atoms with E-state index >= 15 is 0 Å². The van der Waals surface area contributed by atoms with E-state index in [0.717, 1.165) is 11.3 Å². The summed E-state index contributed by atoms with van der Waals surface area (Å²) in [5.41, 5.74) is 6.34. The Balaban J connectivity index is 2.44. The van der Waals surface area contributed by atoms with Gasteiger partial charge in [0.15, 0.2) is 0 Å². The van der Waals surface area contributed by atoms with Crippen molar-refractivity contribution in [1.82, 2.24) is 5.32 Å². The highest BCUT2D eigenvalue weighted by Crippen LogP contribution is 2.18. The summed E-state index contributed by atoms with van der Waals surface area (Å²) < 4.78 is 5.21. The van der Waals surface area contributed by atoms with Crippen molar-refractivity contribution in [2.24, 2.45) is 5.73 Å². The molecule has 4 heteroatoms. The maximum Gasteiger partial charge on any atom is 0.220 e. The maximum absolute atomic E-state index is 11.4. The van der Waals surface area contributed by atoms with Crippen LogP contribution in [0.4, 0.5) is 0 Å². The van der Waals surface area contributed by atoms with Crippen molar-refractivity contribution < 1.29 is 9.53 Å². The molecule has 0 saturated heterocycles. The van der Waals surface area contributed by atoms with Gasteiger partial charge in [0.1, 0.15) is 5.75 Å². The number of carbonyl (C=O) groups is 1. The molecule has 1 amide bonds. The molecule has 1 rings (SSSR count). The number of methoxy groups -OCH3 is 1. The fraction of sp³-hybridized carbons (Fsp3) is 0.417. The molecule has 1 aromatic rings. The Bertz CT molecular complexity index is 340. The number of hydrogen-bond donors (Lipinski definition) is 2. The monoisotopic (exact) mass is 222 g/mol. The van der Waals surface area contributed by atoms with Crippen LogP contribution in [0.25, 0.3) is 0 Å². The molecule has 0 saturated carbocycles. The van der Waals surface area contributed by atoms with E-state index in [9.17, 15) is 4.79 Å². The van der Waals surface area contributed by atoms with Gasteiger partial charge in [-0.2, -0.15) is 0 Å². The number of amides is 1. The van der Waals surface area contributed by atoms with Gasteiger partial charge < -0.3 is 15.8 Å². The van der Waals surface area contributed by atoms with Gasteiger partial charge in [0.2, 0.25) is 5.91 Å². The van der Waals surface area contributed by atoms with Crippen molar-refractivity contribution in [3.63, 3.8) is 0 Å². The van der Waals surface area contributed by atoms with Gasteiger partial charge in [0.05, 0.1) is 7.11 Å². The van der Waals surface area contributed by atoms with E-state index in [1.807, 2.05) is 24.3 Å². The summed E-state index contributed by atoms with van der Waals surface area (Å²) in [4.78, 5) is 11.4. The number of para-hydroxylation sites is 1. The number of aryl methyl sites for hydroxylation is 1. The van der Waals surface area contributed by atoms with E-state index in [1.54, 1.807) is 7.11 Å². The van der Waals surface area contributed by atoms with Crippen LogP contribution in [0.15, 0.2) is 24.3 Å². The summed E-state index contributed by atoms with van der Waals surface area (Å²) in [6, 6.07) is 7.72. The van der Waals surface area contributed by atoms with Crippen molar-refractivity contribution >= 4 is 5.91 Å². The van der Waals surface area contributed by atoms with Gasteiger partial charge in [0.25, 0.3) is 0 Å².